The second kappa shape index (κ2) is 9.57. The van der Waals surface area contributed by atoms with Gasteiger partial charge in [-0.15, -0.1) is 0 Å². The number of carbonyl (C=O) groups is 1. The monoisotopic (exact) mass is 498 g/mol. The molecule has 2 aromatic heterocycles. The number of aryl methyl sites for hydroxylation is 1. The number of benzene rings is 1. The van der Waals surface area contributed by atoms with Gasteiger partial charge >= 0.3 is 0 Å². The van der Waals surface area contributed by atoms with E-state index in [0.717, 1.165) is 18.4 Å². The van der Waals surface area contributed by atoms with Gasteiger partial charge in [0.25, 0.3) is 11.8 Å². The van der Waals surface area contributed by atoms with Crippen LogP contribution in [0.3, 0.4) is 0 Å². The fourth-order valence-corrected chi connectivity index (χ4v) is 4.55. The molecule has 0 unspecified atom stereocenters. The summed E-state index contributed by atoms with van der Waals surface area (Å²) in [5, 5.41) is 10.3. The van der Waals surface area contributed by atoms with Crippen LogP contribution in [-0.2, 0) is 0 Å². The Morgan fingerprint density at radius 1 is 1.17 bits per heavy atom. The van der Waals surface area contributed by atoms with Crippen molar-refractivity contribution < 1.29 is 18.0 Å². The smallest absolute Gasteiger partial charge is 0.265 e. The number of pyridine rings is 1. The number of aromatic nitrogens is 3. The molecule has 3 heterocycles. The first-order valence-electron chi connectivity index (χ1n) is 12.1. The van der Waals surface area contributed by atoms with Crippen molar-refractivity contribution in [2.75, 3.05) is 32.0 Å². The van der Waals surface area contributed by atoms with Gasteiger partial charge in [0.2, 0.25) is 0 Å². The maximum atomic E-state index is 14.5. The van der Waals surface area contributed by atoms with Gasteiger partial charge in [-0.25, -0.2) is 17.9 Å². The molecule has 2 aliphatic rings. The maximum Gasteiger partial charge on any atom is 0.265 e. The van der Waals surface area contributed by atoms with E-state index in [1.54, 1.807) is 60.5 Å². The second-order valence-corrected chi connectivity index (χ2v) is 9.87. The summed E-state index contributed by atoms with van der Waals surface area (Å²) < 4.78 is 44.9. The van der Waals surface area contributed by atoms with E-state index in [1.165, 1.54) is 6.07 Å². The number of carbonyl (C=O) groups excluding carboxylic acids is 1. The van der Waals surface area contributed by atoms with Crippen molar-refractivity contribution in [3.05, 3.63) is 59.9 Å². The van der Waals surface area contributed by atoms with Crippen LogP contribution in [0.25, 0.3) is 16.8 Å². The van der Waals surface area contributed by atoms with Gasteiger partial charge in [-0.1, -0.05) is 0 Å². The predicted molar refractivity (Wildman–Crippen MR) is 131 cm³/mol. The summed E-state index contributed by atoms with van der Waals surface area (Å²) >= 11 is 0. The van der Waals surface area contributed by atoms with Crippen molar-refractivity contribution in [2.45, 2.75) is 38.2 Å². The molecule has 0 spiro atoms. The molecule has 1 aliphatic heterocycles. The summed E-state index contributed by atoms with van der Waals surface area (Å²) in [5.74, 6) is -4.47. The molecule has 1 saturated carbocycles. The van der Waals surface area contributed by atoms with Crippen LogP contribution in [0.2, 0.25) is 0 Å². The summed E-state index contributed by atoms with van der Waals surface area (Å²) in [6.45, 7) is 2.34. The molecular weight excluding hydrogens is 469 g/mol. The van der Waals surface area contributed by atoms with Crippen molar-refractivity contribution in [1.29, 1.82) is 0 Å². The van der Waals surface area contributed by atoms with Crippen LogP contribution in [-0.4, -0.2) is 64.2 Å². The lowest BCUT2D eigenvalue weighted by molar-refractivity contribution is -0.100. The molecule has 2 N–H and O–H groups in total. The van der Waals surface area contributed by atoms with Crippen molar-refractivity contribution in [2.24, 2.45) is 5.92 Å². The SMILES string of the molecule is Cc1cc(F)c(C(=O)NC2CC2)cc1-c1cnn(-c2cncc(NC[C@@H]3CCN(C)CC3(F)F)c2)c1. The summed E-state index contributed by atoms with van der Waals surface area (Å²) in [5.41, 5.74) is 3.38. The highest BCUT2D eigenvalue weighted by molar-refractivity contribution is 5.96. The number of piperidine rings is 1. The minimum absolute atomic E-state index is 0.00817. The summed E-state index contributed by atoms with van der Waals surface area (Å²) in [6, 6.07) is 4.84. The van der Waals surface area contributed by atoms with Crippen molar-refractivity contribution in [3.63, 3.8) is 0 Å². The van der Waals surface area contributed by atoms with Crippen LogP contribution in [0.5, 0.6) is 0 Å². The fourth-order valence-electron chi connectivity index (χ4n) is 4.55. The number of hydrogen-bond acceptors (Lipinski definition) is 5. The predicted octanol–water partition coefficient (Wildman–Crippen LogP) is 4.27. The lowest BCUT2D eigenvalue weighted by atomic mass is 9.93. The van der Waals surface area contributed by atoms with Gasteiger partial charge in [0.1, 0.15) is 5.82 Å². The lowest BCUT2D eigenvalue weighted by Crippen LogP contribution is -2.49. The van der Waals surface area contributed by atoms with E-state index in [0.29, 0.717) is 35.5 Å². The molecule has 36 heavy (non-hydrogen) atoms. The Morgan fingerprint density at radius 2 is 1.97 bits per heavy atom. The summed E-state index contributed by atoms with van der Waals surface area (Å²) in [4.78, 5) is 18.4. The standard InChI is InChI=1S/C26H29F3N6O/c1-16-7-24(27)23(25(36)33-19-3-4-19)9-22(16)17-10-32-35(14-17)21-8-20(12-30-13-21)31-11-18-5-6-34(2)15-26(18,28)29/h7-10,12-14,18-19,31H,3-6,11,15H2,1-2H3,(H,33,36)/t18-/m0/s1. The molecule has 5 rings (SSSR count). The number of anilines is 1. The number of amides is 1. The van der Waals surface area contributed by atoms with E-state index < -0.39 is 23.6 Å². The molecule has 2 fully saturated rings. The normalized spacial score (nSPS) is 19.8. The zero-order chi connectivity index (χ0) is 25.4. The molecule has 190 valence electrons. The minimum Gasteiger partial charge on any atom is -0.383 e. The molecule has 0 radical (unpaired) electrons. The van der Waals surface area contributed by atoms with E-state index in [9.17, 15) is 18.0 Å². The molecule has 1 saturated heterocycles. The Kier molecular flexibility index (Phi) is 6.46. The van der Waals surface area contributed by atoms with Crippen molar-refractivity contribution >= 4 is 11.6 Å². The van der Waals surface area contributed by atoms with Gasteiger partial charge in [0, 0.05) is 30.3 Å². The number of alkyl halides is 2. The first kappa shape index (κ1) is 24.3. The largest absolute Gasteiger partial charge is 0.383 e. The highest BCUT2D eigenvalue weighted by Crippen LogP contribution is 2.33. The van der Waals surface area contributed by atoms with Gasteiger partial charge in [-0.3, -0.25) is 9.78 Å². The van der Waals surface area contributed by atoms with E-state index in [4.69, 9.17) is 0 Å². The third-order valence-electron chi connectivity index (χ3n) is 6.84. The number of nitrogens with one attached hydrogen (secondary N) is 2. The Bertz CT molecular complexity index is 1270. The average molecular weight is 499 g/mol. The van der Waals surface area contributed by atoms with Crippen LogP contribution in [0.1, 0.15) is 35.2 Å². The molecular formula is C26H29F3N6O. The quantitative estimate of drug-likeness (QED) is 0.509. The van der Waals surface area contributed by atoms with Crippen molar-refractivity contribution in [3.8, 4) is 16.8 Å². The number of likely N-dealkylation sites (tertiary alicyclic amines) is 1. The Labute approximate surface area is 207 Å². The number of nitrogens with zero attached hydrogens (tertiary/aromatic N) is 4. The van der Waals surface area contributed by atoms with Gasteiger partial charge < -0.3 is 15.5 Å². The average Bonchev–Trinajstić information content (AvgIpc) is 3.50. The Morgan fingerprint density at radius 3 is 2.72 bits per heavy atom. The number of rotatable bonds is 7. The van der Waals surface area contributed by atoms with E-state index in [2.05, 4.69) is 20.7 Å². The van der Waals surface area contributed by atoms with Crippen LogP contribution >= 0.6 is 0 Å². The highest BCUT2D eigenvalue weighted by atomic mass is 19.3. The maximum absolute atomic E-state index is 14.5. The molecule has 0 bridgehead atoms. The minimum atomic E-state index is -2.75. The highest BCUT2D eigenvalue weighted by Gasteiger charge is 2.43. The van der Waals surface area contributed by atoms with Crippen LogP contribution in [0.15, 0.2) is 43.0 Å². The fraction of sp³-hybridized carbons (Fsp3) is 0.423. The third-order valence-corrected chi connectivity index (χ3v) is 6.84. The van der Waals surface area contributed by atoms with Crippen LogP contribution in [0.4, 0.5) is 18.9 Å². The van der Waals surface area contributed by atoms with E-state index in [1.807, 2.05) is 0 Å². The van der Waals surface area contributed by atoms with Crippen molar-refractivity contribution in [1.82, 2.24) is 25.0 Å². The molecule has 1 aromatic carbocycles. The molecule has 1 amide bonds. The van der Waals surface area contributed by atoms with Gasteiger partial charge in [-0.05, 0) is 69.1 Å². The molecule has 3 aromatic rings. The lowest BCUT2D eigenvalue weighted by Gasteiger charge is -2.36. The first-order chi connectivity index (χ1) is 17.2. The Hall–Kier alpha value is -3.40. The second-order valence-electron chi connectivity index (χ2n) is 9.87. The topological polar surface area (TPSA) is 75.1 Å². The van der Waals surface area contributed by atoms with Gasteiger partial charge in [0.15, 0.2) is 0 Å². The van der Waals surface area contributed by atoms with Crippen LogP contribution < -0.4 is 10.6 Å². The summed E-state index contributed by atoms with van der Waals surface area (Å²) in [6.07, 6.45) is 8.89. The molecule has 1 aliphatic carbocycles. The molecule has 10 heteroatoms. The van der Waals surface area contributed by atoms with Crippen LogP contribution in [0, 0.1) is 18.7 Å². The van der Waals surface area contributed by atoms with E-state index >= 15 is 0 Å². The number of halogens is 3. The third kappa shape index (κ3) is 5.23. The molecule has 1 atom stereocenters. The zero-order valence-corrected chi connectivity index (χ0v) is 20.3. The van der Waals surface area contributed by atoms with E-state index in [-0.39, 0.29) is 24.7 Å². The molecule has 7 nitrogen and oxygen atoms in total. The Balaban J connectivity index is 1.32. The zero-order valence-electron chi connectivity index (χ0n) is 20.3. The summed E-state index contributed by atoms with van der Waals surface area (Å²) in [7, 11) is 1.71. The first-order valence-corrected chi connectivity index (χ1v) is 12.1. The van der Waals surface area contributed by atoms with Gasteiger partial charge in [0.05, 0.1) is 42.1 Å². The van der Waals surface area contributed by atoms with Gasteiger partial charge in [-0.2, -0.15) is 5.10 Å². The number of hydrogen-bond donors (Lipinski definition) is 2.